The predicted octanol–water partition coefficient (Wildman–Crippen LogP) is 4.81. The second-order valence-corrected chi connectivity index (χ2v) is 7.41. The molecule has 0 amide bonds. The van der Waals surface area contributed by atoms with Crippen LogP contribution in [0.25, 0.3) is 0 Å². The van der Waals surface area contributed by atoms with Crippen LogP contribution in [0.5, 0.6) is 5.75 Å². The maximum atomic E-state index is 11.5. The lowest BCUT2D eigenvalue weighted by Crippen LogP contribution is -2.11. The first-order valence-electron chi connectivity index (χ1n) is 9.80. The third-order valence-corrected chi connectivity index (χ3v) is 4.31. The van der Waals surface area contributed by atoms with Crippen LogP contribution in [-0.2, 0) is 11.4 Å². The average molecular weight is 392 g/mol. The van der Waals surface area contributed by atoms with Gasteiger partial charge >= 0.3 is 0 Å². The van der Waals surface area contributed by atoms with Crippen molar-refractivity contribution in [2.24, 2.45) is 5.92 Å². The lowest BCUT2D eigenvalue weighted by molar-refractivity contribution is -0.117. The number of nitrogens with zero attached hydrogens (tertiary/aromatic N) is 1. The molecule has 29 heavy (non-hydrogen) atoms. The van der Waals surface area contributed by atoms with Crippen LogP contribution in [0.2, 0.25) is 0 Å². The summed E-state index contributed by atoms with van der Waals surface area (Å²) in [5.41, 5.74) is 2.65. The van der Waals surface area contributed by atoms with Crippen molar-refractivity contribution in [1.82, 2.24) is 4.98 Å². The molecule has 152 valence electrons. The van der Waals surface area contributed by atoms with Gasteiger partial charge in [-0.25, -0.2) is 4.98 Å². The van der Waals surface area contributed by atoms with Crippen molar-refractivity contribution in [1.29, 1.82) is 5.41 Å². The number of pyridine rings is 1. The van der Waals surface area contributed by atoms with Gasteiger partial charge in [-0.1, -0.05) is 31.9 Å². The minimum Gasteiger partial charge on any atom is -0.489 e. The molecule has 0 bridgehead atoms. The Morgan fingerprint density at radius 1 is 1.31 bits per heavy atom. The molecule has 0 saturated carbocycles. The number of ether oxygens (including phenoxy) is 1. The summed E-state index contributed by atoms with van der Waals surface area (Å²) >= 11 is 0. The number of carbonyl (C=O) groups is 1. The summed E-state index contributed by atoms with van der Waals surface area (Å²) < 4.78 is 5.87. The smallest absolute Gasteiger partial charge is 0.134 e. The number of aromatic nitrogens is 1. The fourth-order valence-electron chi connectivity index (χ4n) is 2.84. The predicted molar refractivity (Wildman–Crippen MR) is 118 cm³/mol. The van der Waals surface area contributed by atoms with Gasteiger partial charge in [-0.3, -0.25) is 4.79 Å². The molecule has 2 rings (SSSR count). The molecule has 0 aliphatic rings. The molecule has 0 saturated heterocycles. The Morgan fingerprint density at radius 2 is 2.03 bits per heavy atom. The standard InChI is InChI=1S/C24H29N3O2/c1-5-6-21(11-18(4)28)20-7-9-23(10-8-20)29-16-19-12-22(13-25)24(27-15-19)26-14-17(2)3/h7-10,12-13,15,17,21,25H,11,14,16H2,1-4H3,(H,26,27)/t21-/m0/s1. The molecule has 0 spiro atoms. The van der Waals surface area contributed by atoms with E-state index >= 15 is 0 Å². The fourth-order valence-corrected chi connectivity index (χ4v) is 2.84. The highest BCUT2D eigenvalue weighted by atomic mass is 16.5. The maximum absolute atomic E-state index is 11.5. The molecular weight excluding hydrogens is 362 g/mol. The Bertz CT molecular complexity index is 893. The first-order chi connectivity index (χ1) is 13.9. The minimum absolute atomic E-state index is 0.0863. The van der Waals surface area contributed by atoms with E-state index in [1.807, 2.05) is 30.3 Å². The lowest BCUT2D eigenvalue weighted by Gasteiger charge is -2.13. The van der Waals surface area contributed by atoms with E-state index < -0.39 is 0 Å². The van der Waals surface area contributed by atoms with Crippen LogP contribution in [0.4, 0.5) is 5.82 Å². The van der Waals surface area contributed by atoms with Crippen molar-refractivity contribution in [2.75, 3.05) is 11.9 Å². The molecule has 5 nitrogen and oxygen atoms in total. The third kappa shape index (κ3) is 7.08. The lowest BCUT2D eigenvalue weighted by atomic mass is 9.94. The zero-order valence-electron chi connectivity index (χ0n) is 17.6. The summed E-state index contributed by atoms with van der Waals surface area (Å²) in [5.74, 6) is 7.98. The van der Waals surface area contributed by atoms with E-state index in [0.29, 0.717) is 18.9 Å². The number of hydrogen-bond donors (Lipinski definition) is 2. The van der Waals surface area contributed by atoms with Gasteiger partial charge < -0.3 is 15.5 Å². The quantitative estimate of drug-likeness (QED) is 0.450. The summed E-state index contributed by atoms with van der Waals surface area (Å²) in [6, 6.07) is 9.60. The largest absolute Gasteiger partial charge is 0.489 e. The van der Waals surface area contributed by atoms with E-state index in [1.54, 1.807) is 20.0 Å². The average Bonchev–Trinajstić information content (AvgIpc) is 2.70. The van der Waals surface area contributed by atoms with Crippen molar-refractivity contribution < 1.29 is 9.53 Å². The number of anilines is 1. The van der Waals surface area contributed by atoms with Gasteiger partial charge in [0.25, 0.3) is 0 Å². The number of rotatable bonds is 10. The number of ketones is 1. The fraction of sp³-hybridized carbons (Fsp3) is 0.375. The topological polar surface area (TPSA) is 75.1 Å². The highest BCUT2D eigenvalue weighted by Crippen LogP contribution is 2.23. The zero-order chi connectivity index (χ0) is 21.2. The van der Waals surface area contributed by atoms with Crippen LogP contribution >= 0.6 is 0 Å². The Balaban J connectivity index is 2.03. The van der Waals surface area contributed by atoms with E-state index in [0.717, 1.165) is 34.8 Å². The molecule has 1 heterocycles. The SMILES string of the molecule is CC#C[C@@H](CC(C)=O)c1ccc(OCc2cnc(NCC(C)C)c(C=N)c2)cc1. The molecule has 1 atom stereocenters. The van der Waals surface area contributed by atoms with Gasteiger partial charge in [0.15, 0.2) is 0 Å². The van der Waals surface area contributed by atoms with Gasteiger partial charge in [-0.15, -0.1) is 5.92 Å². The summed E-state index contributed by atoms with van der Waals surface area (Å²) in [6.45, 7) is 8.79. The van der Waals surface area contributed by atoms with Crippen LogP contribution in [0.1, 0.15) is 56.7 Å². The summed E-state index contributed by atoms with van der Waals surface area (Å²) in [5, 5.41) is 10.9. The Hall–Kier alpha value is -3.13. The van der Waals surface area contributed by atoms with Gasteiger partial charge in [0.05, 0.1) is 5.92 Å². The number of hydrogen-bond acceptors (Lipinski definition) is 5. The highest BCUT2D eigenvalue weighted by Gasteiger charge is 2.11. The molecule has 1 aromatic heterocycles. The number of nitrogens with one attached hydrogen (secondary N) is 2. The van der Waals surface area contributed by atoms with Crippen LogP contribution in [0.15, 0.2) is 36.5 Å². The molecular formula is C24H29N3O2. The molecule has 0 aliphatic heterocycles. The van der Waals surface area contributed by atoms with Crippen molar-refractivity contribution in [3.8, 4) is 17.6 Å². The van der Waals surface area contributed by atoms with Crippen molar-refractivity contribution in [3.05, 3.63) is 53.2 Å². The van der Waals surface area contributed by atoms with Gasteiger partial charge in [-0.05, 0) is 43.5 Å². The van der Waals surface area contributed by atoms with E-state index in [-0.39, 0.29) is 11.7 Å². The molecule has 5 heteroatoms. The third-order valence-electron chi connectivity index (χ3n) is 4.31. The second-order valence-electron chi connectivity index (χ2n) is 7.41. The molecule has 2 N–H and O–H groups in total. The van der Waals surface area contributed by atoms with E-state index in [1.165, 1.54) is 6.21 Å². The van der Waals surface area contributed by atoms with Crippen LogP contribution < -0.4 is 10.1 Å². The highest BCUT2D eigenvalue weighted by molar-refractivity contribution is 5.84. The van der Waals surface area contributed by atoms with Crippen LogP contribution in [0.3, 0.4) is 0 Å². The first kappa shape index (κ1) is 22.2. The van der Waals surface area contributed by atoms with Crippen LogP contribution in [-0.4, -0.2) is 23.5 Å². The number of Topliss-reactive ketones (excluding diaryl/α,β-unsaturated/α-hetero) is 1. The second kappa shape index (κ2) is 11.0. The van der Waals surface area contributed by atoms with Crippen molar-refractivity contribution in [3.63, 3.8) is 0 Å². The van der Waals surface area contributed by atoms with Crippen molar-refractivity contribution in [2.45, 2.75) is 46.6 Å². The van der Waals surface area contributed by atoms with Gasteiger partial charge in [0, 0.05) is 36.5 Å². The molecule has 0 unspecified atom stereocenters. The monoisotopic (exact) mass is 391 g/mol. The Morgan fingerprint density at radius 3 is 2.62 bits per heavy atom. The Labute approximate surface area is 173 Å². The maximum Gasteiger partial charge on any atom is 0.134 e. The molecule has 0 fully saturated rings. The minimum atomic E-state index is -0.0863. The number of benzene rings is 1. The van der Waals surface area contributed by atoms with Gasteiger partial charge in [0.1, 0.15) is 24.0 Å². The molecule has 2 aromatic rings. The van der Waals surface area contributed by atoms with E-state index in [2.05, 4.69) is 36.0 Å². The van der Waals surface area contributed by atoms with Gasteiger partial charge in [-0.2, -0.15) is 0 Å². The number of carbonyl (C=O) groups excluding carboxylic acids is 1. The molecule has 0 radical (unpaired) electrons. The zero-order valence-corrected chi connectivity index (χ0v) is 17.6. The first-order valence-corrected chi connectivity index (χ1v) is 9.80. The molecule has 0 aliphatic carbocycles. The van der Waals surface area contributed by atoms with E-state index in [9.17, 15) is 4.79 Å². The Kier molecular flexibility index (Phi) is 8.42. The van der Waals surface area contributed by atoms with Gasteiger partial charge in [0.2, 0.25) is 0 Å². The van der Waals surface area contributed by atoms with Crippen LogP contribution in [0, 0.1) is 23.2 Å². The summed E-state index contributed by atoms with van der Waals surface area (Å²) in [7, 11) is 0. The summed E-state index contributed by atoms with van der Waals surface area (Å²) in [6.07, 6.45) is 3.48. The van der Waals surface area contributed by atoms with Crippen molar-refractivity contribution >= 4 is 17.8 Å². The normalized spacial score (nSPS) is 11.3. The molecule has 1 aromatic carbocycles. The summed E-state index contributed by atoms with van der Waals surface area (Å²) in [4.78, 5) is 15.9. The van der Waals surface area contributed by atoms with E-state index in [4.69, 9.17) is 10.1 Å².